The number of carbonyl (C=O) groups excluding carboxylic acids is 1. The summed E-state index contributed by atoms with van der Waals surface area (Å²) in [5.41, 5.74) is 1.43. The second-order valence-electron chi connectivity index (χ2n) is 4.63. The van der Waals surface area contributed by atoms with Crippen LogP contribution in [0, 0.1) is 0 Å². The third-order valence-electron chi connectivity index (χ3n) is 3.09. The van der Waals surface area contributed by atoms with Gasteiger partial charge < -0.3 is 10.2 Å². The van der Waals surface area contributed by atoms with Crippen LogP contribution in [-0.2, 0) is 4.79 Å². The van der Waals surface area contributed by atoms with E-state index in [4.69, 9.17) is 12.2 Å². The van der Waals surface area contributed by atoms with Gasteiger partial charge in [0.1, 0.15) is 11.5 Å². The molecule has 6 heteroatoms. The van der Waals surface area contributed by atoms with Gasteiger partial charge in [0.15, 0.2) is 4.32 Å². The second-order valence-corrected chi connectivity index (χ2v) is 6.30. The molecular weight excluding hydrogens is 318 g/mol. The van der Waals surface area contributed by atoms with Crippen LogP contribution in [0.4, 0.5) is 5.69 Å². The first kappa shape index (κ1) is 14.6. The summed E-state index contributed by atoms with van der Waals surface area (Å²) in [6.07, 6.45) is 1.74. The van der Waals surface area contributed by atoms with E-state index in [1.165, 1.54) is 28.8 Å². The maximum atomic E-state index is 12.5. The number of thioether (sulfide) groups is 1. The number of rotatable bonds is 2. The maximum Gasteiger partial charge on any atom is 0.270 e. The van der Waals surface area contributed by atoms with Gasteiger partial charge >= 0.3 is 0 Å². The topological polar surface area (TPSA) is 60.8 Å². The normalized spacial score (nSPS) is 16.5. The number of aromatic hydroxyl groups is 2. The molecule has 2 N–H and O–H groups in total. The van der Waals surface area contributed by atoms with Gasteiger partial charge in [-0.2, -0.15) is 0 Å². The molecule has 1 fully saturated rings. The number of thiocarbonyl (C=S) groups is 1. The molecule has 2 aromatic rings. The molecule has 3 rings (SSSR count). The fourth-order valence-corrected chi connectivity index (χ4v) is 3.31. The largest absolute Gasteiger partial charge is 0.508 e. The van der Waals surface area contributed by atoms with Gasteiger partial charge in [-0.25, -0.2) is 0 Å². The highest BCUT2D eigenvalue weighted by molar-refractivity contribution is 8.27. The van der Waals surface area contributed by atoms with Crippen molar-refractivity contribution in [1.82, 2.24) is 0 Å². The summed E-state index contributed by atoms with van der Waals surface area (Å²) in [4.78, 5) is 14.5. The highest BCUT2D eigenvalue weighted by atomic mass is 32.2. The summed E-state index contributed by atoms with van der Waals surface area (Å²) in [5.74, 6) is 0.108. The first-order valence-corrected chi connectivity index (χ1v) is 7.63. The lowest BCUT2D eigenvalue weighted by Crippen LogP contribution is -2.27. The zero-order valence-electron chi connectivity index (χ0n) is 11.3. The van der Waals surface area contributed by atoms with Gasteiger partial charge in [-0.15, -0.1) is 0 Å². The van der Waals surface area contributed by atoms with E-state index in [2.05, 4.69) is 0 Å². The molecule has 0 radical (unpaired) electrons. The van der Waals surface area contributed by atoms with Crippen LogP contribution in [0.1, 0.15) is 5.56 Å². The molecule has 22 heavy (non-hydrogen) atoms. The number of amides is 1. The van der Waals surface area contributed by atoms with Gasteiger partial charge in [0.25, 0.3) is 5.91 Å². The summed E-state index contributed by atoms with van der Waals surface area (Å²) in [7, 11) is 0. The lowest BCUT2D eigenvalue weighted by Gasteiger charge is -2.14. The molecule has 1 aliphatic heterocycles. The number of phenols is 2. The molecule has 1 aliphatic rings. The average Bonchev–Trinajstić information content (AvgIpc) is 2.77. The van der Waals surface area contributed by atoms with E-state index in [9.17, 15) is 15.0 Å². The molecule has 1 saturated heterocycles. The lowest BCUT2D eigenvalue weighted by atomic mass is 10.2. The Labute approximate surface area is 136 Å². The predicted octanol–water partition coefficient (Wildman–Crippen LogP) is 3.50. The van der Waals surface area contributed by atoms with Crippen molar-refractivity contribution >= 4 is 46.0 Å². The number of phenolic OH excluding ortho intramolecular Hbond substituents is 2. The first-order chi connectivity index (χ1) is 10.5. The Morgan fingerprint density at radius 1 is 0.955 bits per heavy atom. The van der Waals surface area contributed by atoms with Gasteiger partial charge in [0.05, 0.1) is 10.6 Å². The molecule has 0 saturated carbocycles. The van der Waals surface area contributed by atoms with E-state index >= 15 is 0 Å². The summed E-state index contributed by atoms with van der Waals surface area (Å²) in [6, 6.07) is 12.9. The predicted molar refractivity (Wildman–Crippen MR) is 91.9 cm³/mol. The van der Waals surface area contributed by atoms with E-state index in [0.717, 1.165) is 5.56 Å². The van der Waals surface area contributed by atoms with Crippen LogP contribution in [0.2, 0.25) is 0 Å². The highest BCUT2D eigenvalue weighted by Crippen LogP contribution is 2.36. The van der Waals surface area contributed by atoms with Crippen molar-refractivity contribution in [2.45, 2.75) is 0 Å². The second kappa shape index (κ2) is 5.82. The van der Waals surface area contributed by atoms with Gasteiger partial charge in [-0.05, 0) is 48.0 Å². The first-order valence-electron chi connectivity index (χ1n) is 6.40. The van der Waals surface area contributed by atoms with E-state index in [0.29, 0.717) is 14.9 Å². The molecule has 1 heterocycles. The molecule has 0 atom stereocenters. The van der Waals surface area contributed by atoms with Gasteiger partial charge in [0.2, 0.25) is 0 Å². The Balaban J connectivity index is 1.91. The zero-order chi connectivity index (χ0) is 15.7. The summed E-state index contributed by atoms with van der Waals surface area (Å²) >= 11 is 6.49. The molecule has 0 unspecified atom stereocenters. The third kappa shape index (κ3) is 2.84. The van der Waals surface area contributed by atoms with E-state index in [1.807, 2.05) is 0 Å². The van der Waals surface area contributed by atoms with Crippen molar-refractivity contribution in [3.63, 3.8) is 0 Å². The number of anilines is 1. The Morgan fingerprint density at radius 2 is 1.50 bits per heavy atom. The standard InChI is InChI=1S/C16H11NO3S2/c18-12-5-1-10(2-6-12)9-14-15(20)17(16(21)22-14)11-3-7-13(19)8-4-11/h1-9,18-19H/b14-9-. The minimum absolute atomic E-state index is 0.133. The molecule has 110 valence electrons. The van der Waals surface area contributed by atoms with Gasteiger partial charge in [-0.3, -0.25) is 9.69 Å². The molecule has 1 amide bonds. The number of nitrogens with zero attached hydrogens (tertiary/aromatic N) is 1. The summed E-state index contributed by atoms with van der Waals surface area (Å²) in [5, 5.41) is 18.6. The van der Waals surface area contributed by atoms with Crippen LogP contribution in [0.25, 0.3) is 6.08 Å². The molecule has 0 spiro atoms. The Kier molecular flexibility index (Phi) is 3.87. The van der Waals surface area contributed by atoms with Gasteiger partial charge in [0, 0.05) is 0 Å². The monoisotopic (exact) mass is 329 g/mol. The number of benzene rings is 2. The van der Waals surface area contributed by atoms with Crippen molar-refractivity contribution in [3.8, 4) is 11.5 Å². The van der Waals surface area contributed by atoms with Crippen LogP contribution < -0.4 is 4.90 Å². The van der Waals surface area contributed by atoms with Gasteiger partial charge in [-0.1, -0.05) is 36.1 Å². The fourth-order valence-electron chi connectivity index (χ4n) is 2.01. The van der Waals surface area contributed by atoms with Crippen LogP contribution >= 0.6 is 24.0 Å². The molecular formula is C16H11NO3S2. The average molecular weight is 329 g/mol. The Morgan fingerprint density at radius 3 is 2.09 bits per heavy atom. The van der Waals surface area contributed by atoms with Crippen LogP contribution in [0.3, 0.4) is 0 Å². The number of carbonyl (C=O) groups is 1. The molecule has 0 aromatic heterocycles. The Bertz CT molecular complexity index is 767. The van der Waals surface area contributed by atoms with Crippen LogP contribution in [0.15, 0.2) is 53.4 Å². The summed E-state index contributed by atoms with van der Waals surface area (Å²) < 4.78 is 0.445. The third-order valence-corrected chi connectivity index (χ3v) is 4.39. The zero-order valence-corrected chi connectivity index (χ0v) is 12.9. The van der Waals surface area contributed by atoms with Crippen LogP contribution in [-0.4, -0.2) is 20.4 Å². The highest BCUT2D eigenvalue weighted by Gasteiger charge is 2.33. The van der Waals surface area contributed by atoms with Crippen molar-refractivity contribution in [2.75, 3.05) is 4.90 Å². The number of hydrogen-bond donors (Lipinski definition) is 2. The van der Waals surface area contributed by atoms with E-state index < -0.39 is 0 Å². The Hall–Kier alpha value is -2.31. The minimum Gasteiger partial charge on any atom is -0.508 e. The summed E-state index contributed by atoms with van der Waals surface area (Å²) in [6.45, 7) is 0. The molecule has 4 nitrogen and oxygen atoms in total. The van der Waals surface area contributed by atoms with Crippen molar-refractivity contribution in [1.29, 1.82) is 0 Å². The smallest absolute Gasteiger partial charge is 0.270 e. The maximum absolute atomic E-state index is 12.5. The fraction of sp³-hybridized carbons (Fsp3) is 0. The van der Waals surface area contributed by atoms with E-state index in [-0.39, 0.29) is 17.4 Å². The quantitative estimate of drug-likeness (QED) is 0.652. The molecule has 0 bridgehead atoms. The van der Waals surface area contributed by atoms with Crippen molar-refractivity contribution in [3.05, 3.63) is 59.0 Å². The number of hydrogen-bond acceptors (Lipinski definition) is 5. The van der Waals surface area contributed by atoms with Crippen molar-refractivity contribution in [2.24, 2.45) is 0 Å². The SMILES string of the molecule is O=C1/C(=C/c2ccc(O)cc2)SC(=S)N1c1ccc(O)cc1. The minimum atomic E-state index is -0.200. The molecule has 2 aromatic carbocycles. The van der Waals surface area contributed by atoms with Crippen LogP contribution in [0.5, 0.6) is 11.5 Å². The lowest BCUT2D eigenvalue weighted by molar-refractivity contribution is -0.113. The molecule has 0 aliphatic carbocycles. The van der Waals surface area contributed by atoms with Crippen molar-refractivity contribution < 1.29 is 15.0 Å². The van der Waals surface area contributed by atoms with E-state index in [1.54, 1.807) is 42.5 Å².